The Bertz CT molecular complexity index is 951. The lowest BCUT2D eigenvalue weighted by atomic mass is 10.1. The second-order valence-electron chi connectivity index (χ2n) is 6.37. The second kappa shape index (κ2) is 10.3. The fourth-order valence-electron chi connectivity index (χ4n) is 2.67. The third-order valence-electron chi connectivity index (χ3n) is 4.25. The topological polar surface area (TPSA) is 59.1 Å². The number of hydrogen-bond donors (Lipinski definition) is 0. The summed E-state index contributed by atoms with van der Waals surface area (Å²) in [6.45, 7) is 1.56. The number of esters is 1. The van der Waals surface area contributed by atoms with Crippen molar-refractivity contribution >= 4 is 40.5 Å². The van der Waals surface area contributed by atoms with E-state index in [1.165, 1.54) is 13.1 Å². The summed E-state index contributed by atoms with van der Waals surface area (Å²) in [6, 6.07) is 12.3. The normalized spacial score (nSPS) is 10.9. The molecule has 0 aliphatic rings. The number of benzene rings is 2. The van der Waals surface area contributed by atoms with Crippen LogP contribution in [0.3, 0.4) is 0 Å². The van der Waals surface area contributed by atoms with Gasteiger partial charge in [-0.1, -0.05) is 30.4 Å². The van der Waals surface area contributed by atoms with Gasteiger partial charge in [0.25, 0.3) is 0 Å². The number of para-hydroxylation sites is 1. The summed E-state index contributed by atoms with van der Waals surface area (Å²) in [6.07, 6.45) is -5.08. The van der Waals surface area contributed by atoms with Crippen LogP contribution < -0.4 is 14.5 Å². The standard InChI is InChI=1S/C21H21F3N2O4S/c1-4-29-20(28)16-12-15(30-21(22,23)24)10-11-17(16)26(3)18(27)13-19(31)25(2)14-8-6-5-7-9-14/h5-12H,4,13H2,1-3H3. The first-order valence-corrected chi connectivity index (χ1v) is 9.59. The number of anilines is 2. The maximum atomic E-state index is 12.8. The highest BCUT2D eigenvalue weighted by Gasteiger charge is 2.32. The van der Waals surface area contributed by atoms with E-state index in [4.69, 9.17) is 17.0 Å². The van der Waals surface area contributed by atoms with Gasteiger partial charge in [0, 0.05) is 19.8 Å². The van der Waals surface area contributed by atoms with Gasteiger partial charge in [0.15, 0.2) is 0 Å². The molecule has 0 aliphatic carbocycles. The Morgan fingerprint density at radius 2 is 1.68 bits per heavy atom. The number of rotatable bonds is 7. The van der Waals surface area contributed by atoms with E-state index in [0.29, 0.717) is 4.99 Å². The Labute approximate surface area is 183 Å². The van der Waals surface area contributed by atoms with Gasteiger partial charge in [0.05, 0.1) is 29.3 Å². The average Bonchev–Trinajstić information content (AvgIpc) is 2.72. The lowest BCUT2D eigenvalue weighted by Crippen LogP contribution is -2.34. The van der Waals surface area contributed by atoms with Crippen LogP contribution in [0.1, 0.15) is 23.7 Å². The predicted molar refractivity (Wildman–Crippen MR) is 115 cm³/mol. The third-order valence-corrected chi connectivity index (χ3v) is 4.67. The van der Waals surface area contributed by atoms with Gasteiger partial charge in [-0.3, -0.25) is 4.79 Å². The zero-order valence-electron chi connectivity index (χ0n) is 17.1. The molecular weight excluding hydrogens is 433 g/mol. The van der Waals surface area contributed by atoms with E-state index >= 15 is 0 Å². The number of amides is 1. The van der Waals surface area contributed by atoms with Crippen molar-refractivity contribution in [2.75, 3.05) is 30.5 Å². The predicted octanol–water partition coefficient (Wildman–Crippen LogP) is 4.58. The lowest BCUT2D eigenvalue weighted by molar-refractivity contribution is -0.274. The SMILES string of the molecule is CCOC(=O)c1cc(OC(F)(F)F)ccc1N(C)C(=O)CC(=S)N(C)c1ccccc1. The molecule has 10 heteroatoms. The molecule has 2 aromatic carbocycles. The molecule has 0 N–H and O–H groups in total. The Morgan fingerprint density at radius 3 is 2.26 bits per heavy atom. The van der Waals surface area contributed by atoms with Gasteiger partial charge in [-0.15, -0.1) is 13.2 Å². The van der Waals surface area contributed by atoms with Crippen molar-refractivity contribution < 1.29 is 32.2 Å². The third kappa shape index (κ3) is 6.68. The van der Waals surface area contributed by atoms with Gasteiger partial charge in [0.1, 0.15) is 5.75 Å². The van der Waals surface area contributed by atoms with Crippen molar-refractivity contribution in [3.63, 3.8) is 0 Å². The van der Waals surface area contributed by atoms with E-state index in [1.807, 2.05) is 30.3 Å². The maximum absolute atomic E-state index is 12.8. The molecule has 0 spiro atoms. The number of thiocarbonyl (C=S) groups is 1. The molecule has 0 saturated carbocycles. The van der Waals surface area contributed by atoms with Gasteiger partial charge in [-0.2, -0.15) is 0 Å². The largest absolute Gasteiger partial charge is 0.573 e. The van der Waals surface area contributed by atoms with Crippen LogP contribution in [0.25, 0.3) is 0 Å². The lowest BCUT2D eigenvalue weighted by Gasteiger charge is -2.24. The molecule has 0 bridgehead atoms. The van der Waals surface area contributed by atoms with Crippen LogP contribution in [-0.4, -0.2) is 43.9 Å². The Morgan fingerprint density at radius 1 is 1.03 bits per heavy atom. The molecule has 0 unspecified atom stereocenters. The van der Waals surface area contributed by atoms with Crippen molar-refractivity contribution in [2.24, 2.45) is 0 Å². The molecular formula is C21H21F3N2O4S. The molecule has 0 atom stereocenters. The molecule has 0 fully saturated rings. The van der Waals surface area contributed by atoms with Crippen molar-refractivity contribution in [2.45, 2.75) is 19.7 Å². The first kappa shape index (κ1) is 24.1. The van der Waals surface area contributed by atoms with Crippen LogP contribution >= 0.6 is 12.2 Å². The Hall–Kier alpha value is -3.14. The quantitative estimate of drug-likeness (QED) is 0.451. The molecule has 0 radical (unpaired) electrons. The van der Waals surface area contributed by atoms with E-state index in [0.717, 1.165) is 22.7 Å². The highest BCUT2D eigenvalue weighted by molar-refractivity contribution is 7.80. The highest BCUT2D eigenvalue weighted by atomic mass is 32.1. The van der Waals surface area contributed by atoms with Crippen LogP contribution in [0.15, 0.2) is 48.5 Å². The molecule has 2 aromatic rings. The van der Waals surface area contributed by atoms with Gasteiger partial charge in [0.2, 0.25) is 5.91 Å². The van der Waals surface area contributed by atoms with Crippen molar-refractivity contribution in [3.8, 4) is 5.75 Å². The van der Waals surface area contributed by atoms with Crippen molar-refractivity contribution in [1.29, 1.82) is 0 Å². The molecule has 0 saturated heterocycles. The van der Waals surface area contributed by atoms with Gasteiger partial charge in [-0.25, -0.2) is 4.79 Å². The van der Waals surface area contributed by atoms with Crippen molar-refractivity contribution in [3.05, 3.63) is 54.1 Å². The zero-order valence-corrected chi connectivity index (χ0v) is 17.9. The first-order chi connectivity index (χ1) is 14.5. The monoisotopic (exact) mass is 454 g/mol. The molecule has 2 rings (SSSR count). The molecule has 31 heavy (non-hydrogen) atoms. The number of hydrogen-bond acceptors (Lipinski definition) is 5. The van der Waals surface area contributed by atoms with Crippen LogP contribution in [-0.2, 0) is 9.53 Å². The second-order valence-corrected chi connectivity index (χ2v) is 6.84. The molecule has 6 nitrogen and oxygen atoms in total. The van der Waals surface area contributed by atoms with Crippen LogP contribution in [0.5, 0.6) is 5.75 Å². The minimum Gasteiger partial charge on any atom is -0.462 e. The van der Waals surface area contributed by atoms with E-state index in [-0.39, 0.29) is 24.3 Å². The Balaban J connectivity index is 2.25. The minimum absolute atomic E-state index is 0.00620. The fraction of sp³-hybridized carbons (Fsp3) is 0.286. The summed E-state index contributed by atoms with van der Waals surface area (Å²) < 4.78 is 46.4. The summed E-state index contributed by atoms with van der Waals surface area (Å²) in [5.74, 6) is -1.93. The summed E-state index contributed by atoms with van der Waals surface area (Å²) in [5, 5.41) is 0. The fourth-order valence-corrected chi connectivity index (χ4v) is 2.90. The number of carbonyl (C=O) groups is 2. The number of halogens is 3. The summed E-state index contributed by atoms with van der Waals surface area (Å²) in [4.78, 5) is 28.2. The maximum Gasteiger partial charge on any atom is 0.573 e. The summed E-state index contributed by atoms with van der Waals surface area (Å²) >= 11 is 5.35. The highest BCUT2D eigenvalue weighted by Crippen LogP contribution is 2.30. The number of carbonyl (C=O) groups excluding carboxylic acids is 2. The van der Waals surface area contributed by atoms with Gasteiger partial charge >= 0.3 is 12.3 Å². The van der Waals surface area contributed by atoms with E-state index < -0.39 is 24.0 Å². The minimum atomic E-state index is -4.93. The summed E-state index contributed by atoms with van der Waals surface area (Å²) in [7, 11) is 3.12. The zero-order chi connectivity index (χ0) is 23.2. The summed E-state index contributed by atoms with van der Waals surface area (Å²) in [5.41, 5.74) is 0.633. The van der Waals surface area contributed by atoms with Crippen LogP contribution in [0, 0.1) is 0 Å². The molecule has 1 amide bonds. The molecule has 0 aromatic heterocycles. The Kier molecular flexibility index (Phi) is 7.98. The smallest absolute Gasteiger partial charge is 0.462 e. The average molecular weight is 454 g/mol. The van der Waals surface area contributed by atoms with Crippen molar-refractivity contribution in [1.82, 2.24) is 0 Å². The van der Waals surface area contributed by atoms with Crippen LogP contribution in [0.2, 0.25) is 0 Å². The first-order valence-electron chi connectivity index (χ1n) is 9.18. The van der Waals surface area contributed by atoms with Crippen LogP contribution in [0.4, 0.5) is 24.5 Å². The number of ether oxygens (including phenoxy) is 2. The van der Waals surface area contributed by atoms with E-state index in [9.17, 15) is 22.8 Å². The molecule has 166 valence electrons. The van der Waals surface area contributed by atoms with Gasteiger partial charge < -0.3 is 19.3 Å². The molecule has 0 aliphatic heterocycles. The van der Waals surface area contributed by atoms with Gasteiger partial charge in [-0.05, 0) is 37.3 Å². The van der Waals surface area contributed by atoms with E-state index in [2.05, 4.69) is 4.74 Å². The molecule has 0 heterocycles. The number of alkyl halides is 3. The van der Waals surface area contributed by atoms with E-state index in [1.54, 1.807) is 18.9 Å². The number of nitrogens with zero attached hydrogens (tertiary/aromatic N) is 2.